The second-order valence-electron chi connectivity index (χ2n) is 4.21. The Hall–Kier alpha value is -0.850. The topological polar surface area (TPSA) is 67.0 Å². The highest BCUT2D eigenvalue weighted by Crippen LogP contribution is 2.13. The lowest BCUT2D eigenvalue weighted by Crippen LogP contribution is -2.21. The minimum Gasteiger partial charge on any atom is -0.383 e. The van der Waals surface area contributed by atoms with Crippen LogP contribution in [0.5, 0.6) is 0 Å². The van der Waals surface area contributed by atoms with E-state index in [1.165, 1.54) is 6.07 Å². The molecule has 1 aromatic heterocycles. The number of methoxy groups -OCH3 is 1. The van der Waals surface area contributed by atoms with E-state index < -0.39 is 0 Å². The van der Waals surface area contributed by atoms with E-state index in [0.29, 0.717) is 18.4 Å². The van der Waals surface area contributed by atoms with Crippen molar-refractivity contribution < 1.29 is 4.74 Å². The lowest BCUT2D eigenvalue weighted by molar-refractivity contribution is 0.199. The van der Waals surface area contributed by atoms with Gasteiger partial charge in [0.2, 0.25) is 0 Å². The molecule has 0 unspecified atom stereocenters. The molecule has 1 aromatic rings. The Kier molecular flexibility index (Phi) is 7.00. The predicted molar refractivity (Wildman–Crippen MR) is 74.9 cm³/mol. The number of nitrogens with zero attached hydrogens (tertiary/aromatic N) is 1. The number of ether oxygens (including phenoxy) is 1. The van der Waals surface area contributed by atoms with Crippen LogP contribution in [-0.2, 0) is 17.0 Å². The molecule has 0 saturated carbocycles. The zero-order valence-electron chi connectivity index (χ0n) is 11.2. The number of aromatic amines is 1. The first-order valence-corrected chi connectivity index (χ1v) is 7.07. The van der Waals surface area contributed by atoms with E-state index in [0.717, 1.165) is 23.8 Å². The Bertz CT molecular complexity index is 407. The molecule has 0 aromatic carbocycles. The SMILES string of the molecule is COCCNCc1cc(=O)[nH]c(CSC(C)C)n1. The van der Waals surface area contributed by atoms with E-state index in [-0.39, 0.29) is 5.56 Å². The standard InChI is InChI=1S/C12H21N3O2S/c1-9(2)18-8-11-14-10(6-12(16)15-11)7-13-4-5-17-3/h6,9,13H,4-5,7-8H2,1-3H3,(H,14,15,16). The van der Waals surface area contributed by atoms with Gasteiger partial charge in [-0.1, -0.05) is 13.8 Å². The van der Waals surface area contributed by atoms with Crippen LogP contribution in [0, 0.1) is 0 Å². The second-order valence-corrected chi connectivity index (χ2v) is 5.78. The maximum absolute atomic E-state index is 11.5. The van der Waals surface area contributed by atoms with Gasteiger partial charge >= 0.3 is 0 Å². The van der Waals surface area contributed by atoms with Gasteiger partial charge in [0.25, 0.3) is 5.56 Å². The molecule has 5 nitrogen and oxygen atoms in total. The Morgan fingerprint density at radius 3 is 3.00 bits per heavy atom. The number of H-pyrrole nitrogens is 1. The third-order valence-corrected chi connectivity index (χ3v) is 3.29. The van der Waals surface area contributed by atoms with Crippen LogP contribution >= 0.6 is 11.8 Å². The molecule has 1 heterocycles. The van der Waals surface area contributed by atoms with Gasteiger partial charge in [-0.15, -0.1) is 0 Å². The minimum absolute atomic E-state index is 0.0899. The first-order valence-electron chi connectivity index (χ1n) is 6.02. The molecular weight excluding hydrogens is 250 g/mol. The fourth-order valence-corrected chi connectivity index (χ4v) is 1.99. The van der Waals surface area contributed by atoms with Gasteiger partial charge in [0.1, 0.15) is 5.82 Å². The third kappa shape index (κ3) is 6.18. The van der Waals surface area contributed by atoms with Crippen LogP contribution in [0.1, 0.15) is 25.4 Å². The average Bonchev–Trinajstić information content (AvgIpc) is 2.32. The molecule has 0 aliphatic rings. The summed E-state index contributed by atoms with van der Waals surface area (Å²) in [6, 6.07) is 1.53. The number of nitrogens with one attached hydrogen (secondary N) is 2. The van der Waals surface area contributed by atoms with Crippen molar-refractivity contribution in [2.24, 2.45) is 0 Å². The van der Waals surface area contributed by atoms with Crippen molar-refractivity contribution in [3.63, 3.8) is 0 Å². The molecule has 6 heteroatoms. The highest BCUT2D eigenvalue weighted by atomic mass is 32.2. The molecular formula is C12H21N3O2S. The summed E-state index contributed by atoms with van der Waals surface area (Å²) in [5.41, 5.74) is 0.683. The normalized spacial score (nSPS) is 11.1. The number of hydrogen-bond acceptors (Lipinski definition) is 5. The molecule has 0 fully saturated rings. The minimum atomic E-state index is -0.0899. The summed E-state index contributed by atoms with van der Waals surface area (Å²) >= 11 is 1.76. The fraction of sp³-hybridized carbons (Fsp3) is 0.667. The Morgan fingerprint density at radius 2 is 2.33 bits per heavy atom. The number of hydrogen-bond donors (Lipinski definition) is 2. The number of thioether (sulfide) groups is 1. The molecule has 0 spiro atoms. The first-order chi connectivity index (χ1) is 8.61. The Balaban J connectivity index is 2.54. The molecule has 0 amide bonds. The van der Waals surface area contributed by atoms with Crippen LogP contribution in [0.2, 0.25) is 0 Å². The van der Waals surface area contributed by atoms with Gasteiger partial charge in [-0.3, -0.25) is 4.79 Å². The lowest BCUT2D eigenvalue weighted by Gasteiger charge is -2.07. The first kappa shape index (κ1) is 15.2. The van der Waals surface area contributed by atoms with E-state index >= 15 is 0 Å². The third-order valence-electron chi connectivity index (χ3n) is 2.19. The zero-order valence-corrected chi connectivity index (χ0v) is 12.0. The summed E-state index contributed by atoms with van der Waals surface area (Å²) in [7, 11) is 1.66. The monoisotopic (exact) mass is 271 g/mol. The van der Waals surface area contributed by atoms with Crippen LogP contribution < -0.4 is 10.9 Å². The van der Waals surface area contributed by atoms with Gasteiger partial charge in [0, 0.05) is 26.3 Å². The second kappa shape index (κ2) is 8.29. The van der Waals surface area contributed by atoms with Gasteiger partial charge in [-0.2, -0.15) is 11.8 Å². The molecule has 0 saturated heterocycles. The highest BCUT2D eigenvalue weighted by molar-refractivity contribution is 7.99. The van der Waals surface area contributed by atoms with Crippen molar-refractivity contribution >= 4 is 11.8 Å². The van der Waals surface area contributed by atoms with Crippen LogP contribution in [0.25, 0.3) is 0 Å². The summed E-state index contributed by atoms with van der Waals surface area (Å²) in [6.07, 6.45) is 0. The van der Waals surface area contributed by atoms with Crippen LogP contribution in [0.3, 0.4) is 0 Å². The molecule has 0 aliphatic carbocycles. The zero-order chi connectivity index (χ0) is 13.4. The fourth-order valence-electron chi connectivity index (χ4n) is 1.36. The van der Waals surface area contributed by atoms with Crippen molar-refractivity contribution in [2.45, 2.75) is 31.4 Å². The largest absolute Gasteiger partial charge is 0.383 e. The van der Waals surface area contributed by atoms with Crippen molar-refractivity contribution in [2.75, 3.05) is 20.3 Å². The smallest absolute Gasteiger partial charge is 0.251 e. The number of rotatable bonds is 8. The van der Waals surface area contributed by atoms with E-state index in [9.17, 15) is 4.79 Å². The van der Waals surface area contributed by atoms with E-state index in [2.05, 4.69) is 29.1 Å². The Morgan fingerprint density at radius 1 is 1.56 bits per heavy atom. The maximum Gasteiger partial charge on any atom is 0.251 e. The van der Waals surface area contributed by atoms with E-state index in [1.807, 2.05) is 0 Å². The van der Waals surface area contributed by atoms with Crippen molar-refractivity contribution in [1.82, 2.24) is 15.3 Å². The number of aromatic nitrogens is 2. The summed E-state index contributed by atoms with van der Waals surface area (Å²) in [6.45, 7) is 6.24. The van der Waals surface area contributed by atoms with Crippen molar-refractivity contribution in [1.29, 1.82) is 0 Å². The van der Waals surface area contributed by atoms with Gasteiger partial charge in [-0.05, 0) is 5.25 Å². The van der Waals surface area contributed by atoms with Gasteiger partial charge in [-0.25, -0.2) is 4.98 Å². The molecule has 18 heavy (non-hydrogen) atoms. The maximum atomic E-state index is 11.5. The van der Waals surface area contributed by atoms with Crippen LogP contribution in [0.15, 0.2) is 10.9 Å². The van der Waals surface area contributed by atoms with Crippen molar-refractivity contribution in [3.05, 3.63) is 27.9 Å². The van der Waals surface area contributed by atoms with Crippen LogP contribution in [0.4, 0.5) is 0 Å². The summed E-state index contributed by atoms with van der Waals surface area (Å²) in [4.78, 5) is 18.7. The van der Waals surface area contributed by atoms with Gasteiger partial charge in [0.15, 0.2) is 0 Å². The molecule has 0 aliphatic heterocycles. The molecule has 1 rings (SSSR count). The highest BCUT2D eigenvalue weighted by Gasteiger charge is 2.03. The Labute approximate surface area is 112 Å². The summed E-state index contributed by atoms with van der Waals surface area (Å²) < 4.78 is 4.94. The van der Waals surface area contributed by atoms with E-state index in [4.69, 9.17) is 4.74 Å². The average molecular weight is 271 g/mol. The molecule has 0 radical (unpaired) electrons. The van der Waals surface area contributed by atoms with Crippen molar-refractivity contribution in [3.8, 4) is 0 Å². The molecule has 102 valence electrons. The summed E-state index contributed by atoms with van der Waals surface area (Å²) in [5, 5.41) is 3.70. The quantitative estimate of drug-likeness (QED) is 0.694. The molecule has 2 N–H and O–H groups in total. The predicted octanol–water partition coefficient (Wildman–Crippen LogP) is 1.15. The molecule has 0 atom stereocenters. The van der Waals surface area contributed by atoms with Gasteiger partial charge < -0.3 is 15.0 Å². The van der Waals surface area contributed by atoms with Gasteiger partial charge in [0.05, 0.1) is 18.1 Å². The summed E-state index contributed by atoms with van der Waals surface area (Å²) in [5.74, 6) is 1.48. The lowest BCUT2D eigenvalue weighted by atomic mass is 10.4. The van der Waals surface area contributed by atoms with Crippen LogP contribution in [-0.4, -0.2) is 35.5 Å². The van der Waals surface area contributed by atoms with E-state index in [1.54, 1.807) is 18.9 Å². The molecule has 0 bridgehead atoms.